The first kappa shape index (κ1) is 16.9. The smallest absolute Gasteiger partial charge is 0.128 e. The Hall–Kier alpha value is -1.54. The van der Waals surface area contributed by atoms with Gasteiger partial charge in [0.1, 0.15) is 22.0 Å². The number of hydrogen-bond donors (Lipinski definition) is 0. The van der Waals surface area contributed by atoms with Gasteiger partial charge in [0, 0.05) is 36.3 Å². The molecule has 0 N–H and O–H groups in total. The highest BCUT2D eigenvalue weighted by Crippen LogP contribution is 2.37. The Kier molecular flexibility index (Phi) is 5.26. The van der Waals surface area contributed by atoms with Crippen LogP contribution in [-0.2, 0) is 4.74 Å². The second-order valence-corrected chi connectivity index (χ2v) is 7.76. The quantitative estimate of drug-likeness (QED) is 0.499. The van der Waals surface area contributed by atoms with E-state index in [1.54, 1.807) is 29.4 Å². The van der Waals surface area contributed by atoms with Crippen LogP contribution in [0.4, 0.5) is 4.39 Å². The molecule has 1 aliphatic heterocycles. The van der Waals surface area contributed by atoms with E-state index in [1.165, 1.54) is 12.1 Å². The van der Waals surface area contributed by atoms with Gasteiger partial charge in [0.2, 0.25) is 0 Å². The third-order valence-corrected chi connectivity index (χ3v) is 6.10. The maximum Gasteiger partial charge on any atom is 0.128 e. The van der Waals surface area contributed by atoms with Gasteiger partial charge in [-0.25, -0.2) is 14.4 Å². The number of ether oxygens (including phenoxy) is 1. The van der Waals surface area contributed by atoms with Crippen molar-refractivity contribution >= 4 is 33.3 Å². The van der Waals surface area contributed by atoms with Crippen LogP contribution < -0.4 is 0 Å². The Morgan fingerprint density at radius 1 is 1.16 bits per heavy atom. The predicted molar refractivity (Wildman–Crippen MR) is 101 cm³/mol. The fourth-order valence-electron chi connectivity index (χ4n) is 2.90. The van der Waals surface area contributed by atoms with Gasteiger partial charge in [0.15, 0.2) is 0 Å². The topological polar surface area (TPSA) is 38.2 Å². The minimum atomic E-state index is -0.223. The van der Waals surface area contributed by atoms with Crippen LogP contribution in [0, 0.1) is 5.82 Å². The summed E-state index contributed by atoms with van der Waals surface area (Å²) in [6.45, 7) is 4.66. The number of halogens is 1. The molecular formula is C18H18FN3OS2. The van der Waals surface area contributed by atoms with Crippen molar-refractivity contribution in [3.05, 3.63) is 41.8 Å². The highest BCUT2D eigenvalue weighted by atomic mass is 32.2. The summed E-state index contributed by atoms with van der Waals surface area (Å²) in [7, 11) is 0. The van der Waals surface area contributed by atoms with E-state index in [2.05, 4.69) is 20.2 Å². The summed E-state index contributed by atoms with van der Waals surface area (Å²) in [5, 5.41) is 4.16. The monoisotopic (exact) mass is 375 g/mol. The Bertz CT molecular complexity index is 847. The van der Waals surface area contributed by atoms with Crippen molar-refractivity contribution in [3.63, 3.8) is 0 Å². The summed E-state index contributed by atoms with van der Waals surface area (Å²) in [5.74, 6) is 0.754. The van der Waals surface area contributed by atoms with E-state index in [0.717, 1.165) is 65.0 Å². The summed E-state index contributed by atoms with van der Waals surface area (Å²) >= 11 is 3.36. The van der Waals surface area contributed by atoms with Crippen LogP contribution in [0.2, 0.25) is 0 Å². The first-order chi connectivity index (χ1) is 12.3. The zero-order valence-electron chi connectivity index (χ0n) is 13.7. The molecule has 0 spiro atoms. The molecule has 3 heterocycles. The summed E-state index contributed by atoms with van der Waals surface area (Å²) in [4.78, 5) is 12.3. The molecule has 3 aromatic rings. The van der Waals surface area contributed by atoms with Crippen LogP contribution in [0.1, 0.15) is 0 Å². The predicted octanol–water partition coefficient (Wildman–Crippen LogP) is 3.92. The zero-order chi connectivity index (χ0) is 17.1. The van der Waals surface area contributed by atoms with Gasteiger partial charge in [-0.1, -0.05) is 12.1 Å². The van der Waals surface area contributed by atoms with Gasteiger partial charge in [-0.2, -0.15) is 0 Å². The average Bonchev–Trinajstić information content (AvgIpc) is 3.08. The summed E-state index contributed by atoms with van der Waals surface area (Å²) < 4.78 is 18.6. The van der Waals surface area contributed by atoms with Crippen LogP contribution in [0.15, 0.2) is 41.0 Å². The minimum absolute atomic E-state index is 0.223. The number of thioether (sulfide) groups is 1. The van der Waals surface area contributed by atoms with Crippen LogP contribution in [-0.4, -0.2) is 53.5 Å². The van der Waals surface area contributed by atoms with E-state index in [4.69, 9.17) is 4.74 Å². The van der Waals surface area contributed by atoms with Crippen molar-refractivity contribution in [1.82, 2.24) is 14.9 Å². The van der Waals surface area contributed by atoms with E-state index in [9.17, 15) is 4.39 Å². The average molecular weight is 375 g/mol. The number of thiophene rings is 1. The highest BCUT2D eigenvalue weighted by molar-refractivity contribution is 7.99. The molecule has 0 unspecified atom stereocenters. The lowest BCUT2D eigenvalue weighted by Gasteiger charge is -2.26. The number of rotatable bonds is 5. The largest absolute Gasteiger partial charge is 0.379 e. The maximum atomic E-state index is 13.2. The molecule has 2 aromatic heterocycles. The Morgan fingerprint density at radius 3 is 2.76 bits per heavy atom. The van der Waals surface area contributed by atoms with Crippen LogP contribution in [0.5, 0.6) is 0 Å². The molecular weight excluding hydrogens is 357 g/mol. The summed E-state index contributed by atoms with van der Waals surface area (Å²) in [5.41, 5.74) is 2.08. The van der Waals surface area contributed by atoms with Crippen molar-refractivity contribution in [2.45, 2.75) is 5.03 Å². The van der Waals surface area contributed by atoms with Gasteiger partial charge in [-0.05, 0) is 17.7 Å². The lowest BCUT2D eigenvalue weighted by atomic mass is 10.1. The van der Waals surface area contributed by atoms with E-state index in [1.807, 2.05) is 12.1 Å². The highest BCUT2D eigenvalue weighted by Gasteiger charge is 2.15. The van der Waals surface area contributed by atoms with Crippen LogP contribution in [0.25, 0.3) is 21.3 Å². The van der Waals surface area contributed by atoms with Crippen molar-refractivity contribution < 1.29 is 9.13 Å². The van der Waals surface area contributed by atoms with E-state index >= 15 is 0 Å². The molecule has 0 saturated carbocycles. The first-order valence-electron chi connectivity index (χ1n) is 8.22. The molecule has 0 radical (unpaired) electrons. The Morgan fingerprint density at radius 2 is 1.96 bits per heavy atom. The van der Waals surface area contributed by atoms with Gasteiger partial charge in [-0.3, -0.25) is 4.90 Å². The molecule has 7 heteroatoms. The van der Waals surface area contributed by atoms with Gasteiger partial charge >= 0.3 is 0 Å². The Labute approximate surface area is 154 Å². The van der Waals surface area contributed by atoms with Crippen molar-refractivity contribution in [2.24, 2.45) is 0 Å². The second-order valence-electron chi connectivity index (χ2n) is 5.82. The minimum Gasteiger partial charge on any atom is -0.379 e. The second kappa shape index (κ2) is 7.78. The number of hydrogen-bond acceptors (Lipinski definition) is 6. The van der Waals surface area contributed by atoms with Gasteiger partial charge in [0.05, 0.1) is 18.6 Å². The van der Waals surface area contributed by atoms with Crippen molar-refractivity contribution in [1.29, 1.82) is 0 Å². The van der Waals surface area contributed by atoms with E-state index in [0.29, 0.717) is 0 Å². The van der Waals surface area contributed by atoms with Gasteiger partial charge < -0.3 is 4.74 Å². The fraction of sp³-hybridized carbons (Fsp3) is 0.333. The number of nitrogens with zero attached hydrogens (tertiary/aromatic N) is 3. The van der Waals surface area contributed by atoms with E-state index in [-0.39, 0.29) is 5.82 Å². The molecule has 1 aliphatic rings. The normalized spacial score (nSPS) is 15.7. The molecule has 4 rings (SSSR count). The molecule has 1 fully saturated rings. The number of benzene rings is 1. The molecule has 130 valence electrons. The maximum absolute atomic E-state index is 13.2. The summed E-state index contributed by atoms with van der Waals surface area (Å²) in [6, 6.07) is 6.61. The number of aromatic nitrogens is 2. The number of fused-ring (bicyclic) bond motifs is 1. The van der Waals surface area contributed by atoms with Crippen LogP contribution >= 0.6 is 23.1 Å². The SMILES string of the molecule is Fc1ccc(-c2csc3ncnc(SCCN4CCOCC4)c23)cc1. The third-order valence-electron chi connectivity index (χ3n) is 4.24. The summed E-state index contributed by atoms with van der Waals surface area (Å²) in [6.07, 6.45) is 1.63. The van der Waals surface area contributed by atoms with Crippen LogP contribution in [0.3, 0.4) is 0 Å². The number of morpholine rings is 1. The first-order valence-corrected chi connectivity index (χ1v) is 10.1. The molecule has 4 nitrogen and oxygen atoms in total. The van der Waals surface area contributed by atoms with Crippen molar-refractivity contribution in [3.8, 4) is 11.1 Å². The van der Waals surface area contributed by atoms with Gasteiger partial charge in [-0.15, -0.1) is 23.1 Å². The zero-order valence-corrected chi connectivity index (χ0v) is 15.3. The third kappa shape index (κ3) is 3.84. The molecule has 1 aromatic carbocycles. The Balaban J connectivity index is 1.56. The standard InChI is InChI=1S/C18H18FN3OS2/c19-14-3-1-13(2-4-14)15-11-25-18-16(15)17(20-12-21-18)24-10-7-22-5-8-23-9-6-22/h1-4,11-12H,5-10H2. The molecule has 0 bridgehead atoms. The molecule has 0 aliphatic carbocycles. The molecule has 1 saturated heterocycles. The lowest BCUT2D eigenvalue weighted by Crippen LogP contribution is -2.37. The van der Waals surface area contributed by atoms with E-state index < -0.39 is 0 Å². The van der Waals surface area contributed by atoms with Crippen molar-refractivity contribution in [2.75, 3.05) is 38.6 Å². The molecule has 25 heavy (non-hydrogen) atoms. The fourth-order valence-corrected chi connectivity index (χ4v) is 4.89. The van der Waals surface area contributed by atoms with Gasteiger partial charge in [0.25, 0.3) is 0 Å². The molecule has 0 amide bonds. The molecule has 0 atom stereocenters. The lowest BCUT2D eigenvalue weighted by molar-refractivity contribution is 0.0410.